The summed E-state index contributed by atoms with van der Waals surface area (Å²) in [5.74, 6) is -0.346. The van der Waals surface area contributed by atoms with Crippen LogP contribution in [0.2, 0.25) is 0 Å². The molecule has 1 aromatic heterocycles. The Bertz CT molecular complexity index is 568. The lowest BCUT2D eigenvalue weighted by atomic mass is 10.1. The van der Waals surface area contributed by atoms with Gasteiger partial charge in [-0.15, -0.1) is 0 Å². The molecule has 1 heterocycles. The number of nitrogens with zero attached hydrogens (tertiary/aromatic N) is 2. The van der Waals surface area contributed by atoms with E-state index in [4.69, 9.17) is 0 Å². The normalized spacial score (nSPS) is 12.7. The fourth-order valence-corrected chi connectivity index (χ4v) is 2.12. The van der Waals surface area contributed by atoms with E-state index in [1.54, 1.807) is 16.8 Å². The van der Waals surface area contributed by atoms with E-state index in [-0.39, 0.29) is 5.82 Å². The van der Waals surface area contributed by atoms with E-state index in [9.17, 15) is 9.50 Å². The van der Waals surface area contributed by atoms with Gasteiger partial charge in [-0.3, -0.25) is 4.68 Å². The number of rotatable bonds is 3. The number of aryl methyl sites for hydroxylation is 1. The van der Waals surface area contributed by atoms with Crippen LogP contribution >= 0.6 is 15.9 Å². The monoisotopic (exact) mass is 312 g/mol. The summed E-state index contributed by atoms with van der Waals surface area (Å²) in [6.45, 7) is 4.12. The number of benzene rings is 1. The van der Waals surface area contributed by atoms with E-state index in [1.165, 1.54) is 12.1 Å². The molecule has 0 aliphatic carbocycles. The highest BCUT2D eigenvalue weighted by molar-refractivity contribution is 9.10. The van der Waals surface area contributed by atoms with Gasteiger partial charge < -0.3 is 5.11 Å². The number of aliphatic hydroxyl groups excluding tert-OH is 1. The Morgan fingerprint density at radius 2 is 2.17 bits per heavy atom. The van der Waals surface area contributed by atoms with Crippen molar-refractivity contribution in [3.63, 3.8) is 0 Å². The number of hydrogen-bond acceptors (Lipinski definition) is 2. The fraction of sp³-hybridized carbons (Fsp3) is 0.308. The highest BCUT2D eigenvalue weighted by Gasteiger charge is 2.14. The van der Waals surface area contributed by atoms with E-state index in [2.05, 4.69) is 21.0 Å². The van der Waals surface area contributed by atoms with Gasteiger partial charge in [0.15, 0.2) is 0 Å². The summed E-state index contributed by atoms with van der Waals surface area (Å²) in [5, 5.41) is 14.4. The lowest BCUT2D eigenvalue weighted by Gasteiger charge is -2.12. The lowest BCUT2D eigenvalue weighted by Crippen LogP contribution is -2.11. The molecule has 0 radical (unpaired) electrons. The van der Waals surface area contributed by atoms with Crippen LogP contribution in [0.1, 0.15) is 23.1 Å². The standard InChI is InChI=1S/C13H14BrFN2O/c1-8-13(14)9(2)17(16-8)7-12(18)10-4-3-5-11(15)6-10/h3-6,12,18H,7H2,1-2H3/t12-/m1/s1. The minimum atomic E-state index is -0.773. The Morgan fingerprint density at radius 1 is 1.44 bits per heavy atom. The minimum Gasteiger partial charge on any atom is -0.386 e. The highest BCUT2D eigenvalue weighted by Crippen LogP contribution is 2.22. The molecular formula is C13H14BrFN2O. The molecule has 0 bridgehead atoms. The van der Waals surface area contributed by atoms with Crippen LogP contribution in [0.5, 0.6) is 0 Å². The molecule has 0 saturated heterocycles. The van der Waals surface area contributed by atoms with Gasteiger partial charge in [0.05, 0.1) is 22.8 Å². The third kappa shape index (κ3) is 2.62. The molecule has 0 aliphatic rings. The molecule has 0 aliphatic heterocycles. The van der Waals surface area contributed by atoms with Gasteiger partial charge in [-0.2, -0.15) is 5.10 Å². The highest BCUT2D eigenvalue weighted by atomic mass is 79.9. The Labute approximate surface area is 113 Å². The Hall–Kier alpha value is -1.20. The van der Waals surface area contributed by atoms with Crippen molar-refractivity contribution in [2.24, 2.45) is 0 Å². The Morgan fingerprint density at radius 3 is 2.72 bits per heavy atom. The summed E-state index contributed by atoms with van der Waals surface area (Å²) < 4.78 is 15.7. The van der Waals surface area contributed by atoms with Crippen LogP contribution in [-0.2, 0) is 6.54 Å². The van der Waals surface area contributed by atoms with Crippen LogP contribution in [0, 0.1) is 19.7 Å². The minimum absolute atomic E-state index is 0.307. The van der Waals surface area contributed by atoms with Crippen LogP contribution in [0.4, 0.5) is 4.39 Å². The molecular weight excluding hydrogens is 299 g/mol. The summed E-state index contributed by atoms with van der Waals surface area (Å²) in [5.41, 5.74) is 2.38. The molecule has 2 aromatic rings. The number of aliphatic hydroxyl groups is 1. The molecule has 1 atom stereocenters. The van der Waals surface area contributed by atoms with Crippen molar-refractivity contribution < 1.29 is 9.50 Å². The maximum absolute atomic E-state index is 13.1. The first-order chi connectivity index (χ1) is 8.49. The zero-order valence-corrected chi connectivity index (χ0v) is 11.8. The zero-order valence-electron chi connectivity index (χ0n) is 10.2. The average molecular weight is 313 g/mol. The van der Waals surface area contributed by atoms with Crippen molar-refractivity contribution in [2.75, 3.05) is 0 Å². The first-order valence-electron chi connectivity index (χ1n) is 5.62. The topological polar surface area (TPSA) is 38.0 Å². The second-order valence-corrected chi connectivity index (χ2v) is 5.03. The van der Waals surface area contributed by atoms with Crippen LogP contribution in [-0.4, -0.2) is 14.9 Å². The van der Waals surface area contributed by atoms with Gasteiger partial charge >= 0.3 is 0 Å². The Kier molecular flexibility index (Phi) is 3.82. The maximum Gasteiger partial charge on any atom is 0.123 e. The number of halogens is 2. The van der Waals surface area contributed by atoms with E-state index in [1.807, 2.05) is 13.8 Å². The van der Waals surface area contributed by atoms with Crippen LogP contribution in [0.3, 0.4) is 0 Å². The Balaban J connectivity index is 2.21. The third-order valence-corrected chi connectivity index (χ3v) is 4.02. The van der Waals surface area contributed by atoms with Gasteiger partial charge in [-0.1, -0.05) is 12.1 Å². The van der Waals surface area contributed by atoms with Gasteiger partial charge in [-0.25, -0.2) is 4.39 Å². The van der Waals surface area contributed by atoms with Gasteiger partial charge in [0.1, 0.15) is 5.82 Å². The fourth-order valence-electron chi connectivity index (χ4n) is 1.84. The van der Waals surface area contributed by atoms with Crippen molar-refractivity contribution in [1.29, 1.82) is 0 Å². The lowest BCUT2D eigenvalue weighted by molar-refractivity contribution is 0.150. The summed E-state index contributed by atoms with van der Waals surface area (Å²) in [6, 6.07) is 5.99. The van der Waals surface area contributed by atoms with E-state index in [0.29, 0.717) is 12.1 Å². The summed E-state index contributed by atoms with van der Waals surface area (Å²) >= 11 is 3.43. The third-order valence-electron chi connectivity index (χ3n) is 2.87. The molecule has 96 valence electrons. The van der Waals surface area contributed by atoms with Crippen LogP contribution < -0.4 is 0 Å². The SMILES string of the molecule is Cc1nn(C[C@@H](O)c2cccc(F)c2)c(C)c1Br. The second-order valence-electron chi connectivity index (χ2n) is 4.24. The molecule has 0 amide bonds. The average Bonchev–Trinajstić information content (AvgIpc) is 2.57. The van der Waals surface area contributed by atoms with Gasteiger partial charge in [0, 0.05) is 5.69 Å². The van der Waals surface area contributed by atoms with Crippen molar-refractivity contribution >= 4 is 15.9 Å². The molecule has 1 aromatic carbocycles. The number of aromatic nitrogens is 2. The summed E-state index contributed by atoms with van der Waals surface area (Å²) in [4.78, 5) is 0. The first kappa shape index (κ1) is 13.2. The molecule has 0 spiro atoms. The van der Waals surface area contributed by atoms with Crippen LogP contribution in [0.25, 0.3) is 0 Å². The van der Waals surface area contributed by atoms with E-state index >= 15 is 0 Å². The van der Waals surface area contributed by atoms with Crippen molar-refractivity contribution in [3.05, 3.63) is 51.5 Å². The molecule has 3 nitrogen and oxygen atoms in total. The quantitative estimate of drug-likeness (QED) is 0.945. The maximum atomic E-state index is 13.1. The van der Waals surface area contributed by atoms with Crippen molar-refractivity contribution in [1.82, 2.24) is 9.78 Å². The smallest absolute Gasteiger partial charge is 0.123 e. The molecule has 0 unspecified atom stereocenters. The second kappa shape index (κ2) is 5.20. The molecule has 0 fully saturated rings. The molecule has 1 N–H and O–H groups in total. The molecule has 2 rings (SSSR count). The molecule has 5 heteroatoms. The van der Waals surface area contributed by atoms with Gasteiger partial charge in [0.25, 0.3) is 0 Å². The zero-order chi connectivity index (χ0) is 13.3. The predicted octanol–water partition coefficient (Wildman–Crippen LogP) is 3.14. The summed E-state index contributed by atoms with van der Waals surface area (Å²) in [6.07, 6.45) is -0.773. The van der Waals surface area contributed by atoms with Gasteiger partial charge in [-0.05, 0) is 47.5 Å². The molecule has 0 saturated carbocycles. The van der Waals surface area contributed by atoms with Crippen molar-refractivity contribution in [3.8, 4) is 0 Å². The summed E-state index contributed by atoms with van der Waals surface area (Å²) in [7, 11) is 0. The van der Waals surface area contributed by atoms with Gasteiger partial charge in [0.2, 0.25) is 0 Å². The van der Waals surface area contributed by atoms with E-state index < -0.39 is 6.10 Å². The predicted molar refractivity (Wildman–Crippen MR) is 70.8 cm³/mol. The number of hydrogen-bond donors (Lipinski definition) is 1. The van der Waals surface area contributed by atoms with Crippen molar-refractivity contribution in [2.45, 2.75) is 26.5 Å². The largest absolute Gasteiger partial charge is 0.386 e. The molecule has 18 heavy (non-hydrogen) atoms. The van der Waals surface area contributed by atoms with E-state index in [0.717, 1.165) is 15.9 Å². The first-order valence-corrected chi connectivity index (χ1v) is 6.41. The van der Waals surface area contributed by atoms with Crippen LogP contribution in [0.15, 0.2) is 28.7 Å².